The highest BCUT2D eigenvalue weighted by atomic mass is 19.4. The summed E-state index contributed by atoms with van der Waals surface area (Å²) in [5, 5.41) is 6.59. The van der Waals surface area contributed by atoms with Crippen LogP contribution >= 0.6 is 0 Å². The van der Waals surface area contributed by atoms with Crippen LogP contribution in [0.25, 0.3) is 16.9 Å². The van der Waals surface area contributed by atoms with E-state index < -0.39 is 12.8 Å². The number of hydrogen-bond acceptors (Lipinski definition) is 4. The molecule has 0 atom stereocenters. The van der Waals surface area contributed by atoms with Crippen LogP contribution in [0.2, 0.25) is 0 Å². The molecule has 1 saturated carbocycles. The third-order valence-corrected chi connectivity index (χ3v) is 4.45. The normalized spacial score (nSPS) is 14.2. The molecule has 1 fully saturated rings. The van der Waals surface area contributed by atoms with Crippen molar-refractivity contribution in [3.63, 3.8) is 0 Å². The number of aromatic amines is 1. The van der Waals surface area contributed by atoms with E-state index in [0.717, 1.165) is 18.4 Å². The minimum absolute atomic E-state index is 0.0841. The van der Waals surface area contributed by atoms with Crippen molar-refractivity contribution in [1.82, 2.24) is 19.7 Å². The Morgan fingerprint density at radius 2 is 1.96 bits per heavy atom. The summed E-state index contributed by atoms with van der Waals surface area (Å²) in [4.78, 5) is 17.5. The molecule has 28 heavy (non-hydrogen) atoms. The van der Waals surface area contributed by atoms with E-state index in [9.17, 15) is 18.0 Å². The molecule has 3 aromatic rings. The Morgan fingerprint density at radius 3 is 2.57 bits per heavy atom. The Morgan fingerprint density at radius 1 is 1.21 bits per heavy atom. The van der Waals surface area contributed by atoms with E-state index in [1.54, 1.807) is 24.5 Å². The number of hydrogen-bond donors (Lipinski definition) is 1. The number of H-pyrrole nitrogens is 1. The second kappa shape index (κ2) is 7.14. The number of ether oxygens (including phenoxy) is 1. The molecule has 0 aliphatic heterocycles. The van der Waals surface area contributed by atoms with E-state index in [-0.39, 0.29) is 11.3 Å². The van der Waals surface area contributed by atoms with Crippen LogP contribution in [0.5, 0.6) is 5.75 Å². The summed E-state index contributed by atoms with van der Waals surface area (Å²) in [6.45, 7) is -1.36. The summed E-state index contributed by atoms with van der Waals surface area (Å²) in [7, 11) is 0. The molecule has 2 aromatic heterocycles. The van der Waals surface area contributed by atoms with Crippen LogP contribution in [-0.2, 0) is 6.42 Å². The summed E-state index contributed by atoms with van der Waals surface area (Å²) >= 11 is 0. The maximum Gasteiger partial charge on any atom is 0.422 e. The van der Waals surface area contributed by atoms with Crippen LogP contribution in [0.15, 0.2) is 47.5 Å². The van der Waals surface area contributed by atoms with Crippen LogP contribution in [0.1, 0.15) is 18.7 Å². The van der Waals surface area contributed by atoms with Gasteiger partial charge >= 0.3 is 6.18 Å². The monoisotopic (exact) mass is 390 g/mol. The smallest absolute Gasteiger partial charge is 0.422 e. The van der Waals surface area contributed by atoms with Crippen molar-refractivity contribution in [2.24, 2.45) is 5.92 Å². The average molecular weight is 390 g/mol. The molecule has 146 valence electrons. The zero-order valence-electron chi connectivity index (χ0n) is 14.7. The first kappa shape index (κ1) is 18.3. The van der Waals surface area contributed by atoms with Gasteiger partial charge in [0.25, 0.3) is 5.56 Å². The molecule has 6 nitrogen and oxygen atoms in total. The highest BCUT2D eigenvalue weighted by Crippen LogP contribution is 2.33. The zero-order chi connectivity index (χ0) is 19.7. The topological polar surface area (TPSA) is 72.8 Å². The third-order valence-electron chi connectivity index (χ3n) is 4.45. The lowest BCUT2D eigenvalue weighted by atomic mass is 10.2. The van der Waals surface area contributed by atoms with Gasteiger partial charge in [0.05, 0.1) is 17.6 Å². The van der Waals surface area contributed by atoms with Gasteiger partial charge in [-0.25, -0.2) is 4.98 Å². The Bertz CT molecular complexity index is 1010. The third kappa shape index (κ3) is 4.24. The van der Waals surface area contributed by atoms with Crippen molar-refractivity contribution in [2.75, 3.05) is 6.61 Å². The SMILES string of the molecule is O=c1cc(-c2cn[nH]c2)nc(CC2CC2)n1-c1ccc(OCC(F)(F)F)cc1. The second-order valence-electron chi connectivity index (χ2n) is 6.76. The molecule has 0 amide bonds. The molecule has 0 unspecified atom stereocenters. The largest absolute Gasteiger partial charge is 0.484 e. The minimum atomic E-state index is -4.40. The van der Waals surface area contributed by atoms with Crippen molar-refractivity contribution in [2.45, 2.75) is 25.4 Å². The van der Waals surface area contributed by atoms with Crippen molar-refractivity contribution < 1.29 is 17.9 Å². The highest BCUT2D eigenvalue weighted by molar-refractivity contribution is 5.56. The molecule has 0 radical (unpaired) electrons. The number of nitrogens with zero attached hydrogens (tertiary/aromatic N) is 3. The number of alkyl halides is 3. The summed E-state index contributed by atoms with van der Waals surface area (Å²) in [6.07, 6.45) is 1.71. The van der Waals surface area contributed by atoms with Crippen molar-refractivity contribution in [3.05, 3.63) is 58.9 Å². The van der Waals surface area contributed by atoms with Crippen molar-refractivity contribution in [3.8, 4) is 22.7 Å². The second-order valence-corrected chi connectivity index (χ2v) is 6.76. The quantitative estimate of drug-likeness (QED) is 0.699. The maximum absolute atomic E-state index is 12.8. The molecule has 1 aliphatic carbocycles. The summed E-state index contributed by atoms with van der Waals surface area (Å²) in [6, 6.07) is 7.37. The highest BCUT2D eigenvalue weighted by Gasteiger charge is 2.28. The van der Waals surface area contributed by atoms with Gasteiger partial charge < -0.3 is 4.74 Å². The van der Waals surface area contributed by atoms with Gasteiger partial charge in [-0.05, 0) is 43.0 Å². The van der Waals surface area contributed by atoms with Gasteiger partial charge in [0.15, 0.2) is 6.61 Å². The molecule has 1 aliphatic rings. The summed E-state index contributed by atoms with van der Waals surface area (Å²) in [5.74, 6) is 1.20. The van der Waals surface area contributed by atoms with Crippen LogP contribution in [0.4, 0.5) is 13.2 Å². The average Bonchev–Trinajstić information content (AvgIpc) is 3.29. The van der Waals surface area contributed by atoms with Gasteiger partial charge in [0, 0.05) is 24.2 Å². The molecule has 1 aromatic carbocycles. The molecular weight excluding hydrogens is 373 g/mol. The van der Waals surface area contributed by atoms with E-state index in [0.29, 0.717) is 29.5 Å². The first-order valence-corrected chi connectivity index (χ1v) is 8.81. The fraction of sp³-hybridized carbons (Fsp3) is 0.316. The summed E-state index contributed by atoms with van der Waals surface area (Å²) in [5.41, 5.74) is 1.53. The van der Waals surface area contributed by atoms with Gasteiger partial charge in [-0.1, -0.05) is 0 Å². The van der Waals surface area contributed by atoms with Gasteiger partial charge in [0.1, 0.15) is 11.6 Å². The number of halogens is 3. The van der Waals surface area contributed by atoms with Crippen LogP contribution in [-0.4, -0.2) is 32.5 Å². The van der Waals surface area contributed by atoms with Gasteiger partial charge in [0.2, 0.25) is 0 Å². The lowest BCUT2D eigenvalue weighted by Gasteiger charge is -2.14. The summed E-state index contributed by atoms with van der Waals surface area (Å²) < 4.78 is 43.1. The van der Waals surface area contributed by atoms with E-state index >= 15 is 0 Å². The lowest BCUT2D eigenvalue weighted by molar-refractivity contribution is -0.153. The van der Waals surface area contributed by atoms with Gasteiger partial charge in [-0.2, -0.15) is 18.3 Å². The predicted octanol–water partition coefficient (Wildman–Crippen LogP) is 3.52. The Hall–Kier alpha value is -3.10. The van der Waals surface area contributed by atoms with Crippen LogP contribution in [0.3, 0.4) is 0 Å². The Labute approximate surface area is 158 Å². The zero-order valence-corrected chi connectivity index (χ0v) is 14.7. The molecule has 0 saturated heterocycles. The van der Waals surface area contributed by atoms with Crippen LogP contribution in [0, 0.1) is 5.92 Å². The molecule has 0 spiro atoms. The molecule has 1 N–H and O–H groups in total. The molecule has 4 rings (SSSR count). The number of rotatable bonds is 6. The van der Waals surface area contributed by atoms with Gasteiger partial charge in [-0.15, -0.1) is 0 Å². The van der Waals surface area contributed by atoms with E-state index in [1.807, 2.05) is 0 Å². The Kier molecular flexibility index (Phi) is 4.66. The van der Waals surface area contributed by atoms with Gasteiger partial charge in [-0.3, -0.25) is 14.5 Å². The van der Waals surface area contributed by atoms with Crippen molar-refractivity contribution in [1.29, 1.82) is 0 Å². The maximum atomic E-state index is 12.8. The fourth-order valence-electron chi connectivity index (χ4n) is 2.92. The number of nitrogens with one attached hydrogen (secondary N) is 1. The minimum Gasteiger partial charge on any atom is -0.484 e. The molecule has 2 heterocycles. The first-order chi connectivity index (χ1) is 13.4. The predicted molar refractivity (Wildman–Crippen MR) is 95.4 cm³/mol. The van der Waals surface area contributed by atoms with E-state index in [4.69, 9.17) is 4.74 Å². The molecular formula is C19H17F3N4O2. The van der Waals surface area contributed by atoms with E-state index in [1.165, 1.54) is 22.8 Å². The van der Waals surface area contributed by atoms with Crippen LogP contribution < -0.4 is 10.3 Å². The Balaban J connectivity index is 1.67. The lowest BCUT2D eigenvalue weighted by Crippen LogP contribution is -2.24. The van der Waals surface area contributed by atoms with Crippen molar-refractivity contribution >= 4 is 0 Å². The number of benzene rings is 1. The standard InChI is InChI=1S/C19H17F3N4O2/c20-19(21,22)11-28-15-5-3-14(4-6-15)26-17(7-12-1-2-12)25-16(8-18(26)27)13-9-23-24-10-13/h3-6,8-10,12H,1-2,7,11H2,(H,23,24). The molecule has 0 bridgehead atoms. The fourth-order valence-corrected chi connectivity index (χ4v) is 2.92. The first-order valence-electron chi connectivity index (χ1n) is 8.81. The van der Waals surface area contributed by atoms with E-state index in [2.05, 4.69) is 15.2 Å². The number of aromatic nitrogens is 4. The molecule has 9 heteroatoms.